The first-order valence-electron chi connectivity index (χ1n) is 10.4. The number of methoxy groups -OCH3 is 1. The molecule has 7 heteroatoms. The summed E-state index contributed by atoms with van der Waals surface area (Å²) in [6.07, 6.45) is 0.565. The second-order valence-electron chi connectivity index (χ2n) is 7.90. The summed E-state index contributed by atoms with van der Waals surface area (Å²) < 4.78 is 6.85. The van der Waals surface area contributed by atoms with E-state index < -0.39 is 6.04 Å². The number of carbonyl (C=O) groups excluding carboxylic acids is 2. The molecule has 0 bridgehead atoms. The molecule has 0 saturated carbocycles. The van der Waals surface area contributed by atoms with Crippen molar-refractivity contribution in [3.05, 3.63) is 77.1 Å². The lowest BCUT2D eigenvalue weighted by atomic mass is 9.94. The molecule has 1 amide bonds. The van der Waals surface area contributed by atoms with Crippen LogP contribution in [0.1, 0.15) is 22.5 Å². The molecular weight excluding hydrogens is 392 g/mol. The van der Waals surface area contributed by atoms with E-state index in [1.54, 1.807) is 0 Å². The Hall–Kier alpha value is -3.45. The van der Waals surface area contributed by atoms with Crippen molar-refractivity contribution in [2.24, 2.45) is 0 Å². The number of para-hydroxylation sites is 1. The van der Waals surface area contributed by atoms with Gasteiger partial charge in [-0.25, -0.2) is 9.48 Å². The van der Waals surface area contributed by atoms with Gasteiger partial charge < -0.3 is 15.0 Å². The summed E-state index contributed by atoms with van der Waals surface area (Å²) >= 11 is 0. The van der Waals surface area contributed by atoms with E-state index in [2.05, 4.69) is 16.5 Å². The molecule has 31 heavy (non-hydrogen) atoms. The molecule has 2 N–H and O–H groups in total. The maximum absolute atomic E-state index is 13.0. The molecule has 2 aromatic carbocycles. The molecule has 0 saturated heterocycles. The van der Waals surface area contributed by atoms with Crippen molar-refractivity contribution in [1.29, 1.82) is 0 Å². The van der Waals surface area contributed by atoms with E-state index in [1.165, 1.54) is 7.11 Å². The van der Waals surface area contributed by atoms with Crippen LogP contribution in [0.4, 0.5) is 5.69 Å². The SMILES string of the molecule is COC(=O)[C@H]1Cc2ccccc2C[NH+]1CC(=O)Nc1c(C)nn(-c2ccccc2)c1C. The topological polar surface area (TPSA) is 77.7 Å². The van der Waals surface area contributed by atoms with Crippen LogP contribution in [0.25, 0.3) is 5.69 Å². The van der Waals surface area contributed by atoms with E-state index in [9.17, 15) is 9.59 Å². The Bertz CT molecular complexity index is 1110. The maximum Gasteiger partial charge on any atom is 0.365 e. The first-order chi connectivity index (χ1) is 15.0. The average molecular weight is 420 g/mol. The number of hydrogen-bond donors (Lipinski definition) is 2. The Morgan fingerprint density at radius 2 is 1.77 bits per heavy atom. The molecule has 2 heterocycles. The van der Waals surface area contributed by atoms with Gasteiger partial charge in [0.1, 0.15) is 6.54 Å². The Morgan fingerprint density at radius 3 is 2.48 bits per heavy atom. The summed E-state index contributed by atoms with van der Waals surface area (Å²) in [5.41, 5.74) is 5.55. The zero-order valence-corrected chi connectivity index (χ0v) is 18.0. The third-order valence-electron chi connectivity index (χ3n) is 5.88. The van der Waals surface area contributed by atoms with Crippen molar-refractivity contribution in [2.75, 3.05) is 19.0 Å². The summed E-state index contributed by atoms with van der Waals surface area (Å²) in [5.74, 6) is -0.441. The third-order valence-corrected chi connectivity index (χ3v) is 5.88. The smallest absolute Gasteiger partial charge is 0.365 e. The van der Waals surface area contributed by atoms with Gasteiger partial charge in [0.15, 0.2) is 12.6 Å². The van der Waals surface area contributed by atoms with E-state index in [-0.39, 0.29) is 18.4 Å². The van der Waals surface area contributed by atoms with E-state index in [0.717, 1.165) is 33.1 Å². The highest BCUT2D eigenvalue weighted by Crippen LogP contribution is 2.22. The van der Waals surface area contributed by atoms with Crippen molar-refractivity contribution < 1.29 is 19.2 Å². The Balaban J connectivity index is 1.53. The molecule has 0 spiro atoms. The monoisotopic (exact) mass is 419 g/mol. The lowest BCUT2D eigenvalue weighted by Crippen LogP contribution is -3.17. The number of amides is 1. The fourth-order valence-electron chi connectivity index (χ4n) is 4.27. The molecule has 4 rings (SSSR count). The molecular formula is C24H27N4O3+. The molecule has 0 fully saturated rings. The quantitative estimate of drug-likeness (QED) is 0.616. The van der Waals surface area contributed by atoms with Crippen molar-refractivity contribution >= 4 is 17.6 Å². The van der Waals surface area contributed by atoms with Crippen LogP contribution in [0.5, 0.6) is 0 Å². The highest BCUT2D eigenvalue weighted by molar-refractivity contribution is 5.93. The number of nitrogens with one attached hydrogen (secondary N) is 2. The van der Waals surface area contributed by atoms with Crippen LogP contribution in [0.3, 0.4) is 0 Å². The summed E-state index contributed by atoms with van der Waals surface area (Å²) in [6, 6.07) is 17.5. The molecule has 3 aromatic rings. The molecule has 7 nitrogen and oxygen atoms in total. The standard InChI is InChI=1S/C24H26N4O3/c1-16-23(17(2)28(26-16)20-11-5-4-6-12-20)25-22(29)15-27-14-19-10-8-7-9-18(19)13-21(27)24(30)31-3/h4-12,21H,13-15H2,1-3H3,(H,25,29)/p+1/t21-/m1/s1. The predicted octanol–water partition coefficient (Wildman–Crippen LogP) is 1.61. The normalized spacial score (nSPS) is 17.6. The minimum absolute atomic E-state index is 0.151. The molecule has 1 unspecified atom stereocenters. The van der Waals surface area contributed by atoms with Gasteiger partial charge in [-0.15, -0.1) is 0 Å². The van der Waals surface area contributed by atoms with Crippen molar-refractivity contribution in [3.63, 3.8) is 0 Å². The summed E-state index contributed by atoms with van der Waals surface area (Å²) in [7, 11) is 1.39. The number of benzene rings is 2. The number of aromatic nitrogens is 2. The molecule has 0 aliphatic carbocycles. The second-order valence-corrected chi connectivity index (χ2v) is 7.90. The number of quaternary nitrogens is 1. The van der Waals surface area contributed by atoms with Gasteiger partial charge in [0.05, 0.1) is 29.9 Å². The first kappa shape index (κ1) is 20.8. The number of esters is 1. The number of ether oxygens (including phenoxy) is 1. The number of anilines is 1. The van der Waals surface area contributed by atoms with Gasteiger partial charge in [0.2, 0.25) is 0 Å². The lowest BCUT2D eigenvalue weighted by Gasteiger charge is -2.31. The number of nitrogens with zero attached hydrogens (tertiary/aromatic N) is 2. The number of hydrogen-bond acceptors (Lipinski definition) is 4. The summed E-state index contributed by atoms with van der Waals surface area (Å²) in [4.78, 5) is 26.3. The molecule has 1 aromatic heterocycles. The van der Waals surface area contributed by atoms with E-state index in [0.29, 0.717) is 18.7 Å². The van der Waals surface area contributed by atoms with Gasteiger partial charge in [-0.1, -0.05) is 42.5 Å². The van der Waals surface area contributed by atoms with Crippen molar-refractivity contribution in [3.8, 4) is 5.69 Å². The number of rotatable bonds is 5. The van der Waals surface area contributed by atoms with Crippen LogP contribution in [0, 0.1) is 13.8 Å². The number of aryl methyl sites for hydroxylation is 1. The number of carbonyl (C=O) groups is 2. The van der Waals surface area contributed by atoms with E-state index in [4.69, 9.17) is 4.74 Å². The lowest BCUT2D eigenvalue weighted by molar-refractivity contribution is -0.924. The zero-order valence-electron chi connectivity index (χ0n) is 18.0. The maximum atomic E-state index is 13.0. The minimum atomic E-state index is -0.403. The average Bonchev–Trinajstić information content (AvgIpc) is 3.07. The van der Waals surface area contributed by atoms with Crippen LogP contribution in [0.15, 0.2) is 54.6 Å². The van der Waals surface area contributed by atoms with E-state index in [1.807, 2.05) is 67.1 Å². The van der Waals surface area contributed by atoms with Crippen LogP contribution >= 0.6 is 0 Å². The Kier molecular flexibility index (Phi) is 5.86. The van der Waals surface area contributed by atoms with Gasteiger partial charge in [-0.05, 0) is 31.5 Å². The van der Waals surface area contributed by atoms with Crippen molar-refractivity contribution in [2.45, 2.75) is 32.9 Å². The second kappa shape index (κ2) is 8.73. The van der Waals surface area contributed by atoms with Crippen LogP contribution < -0.4 is 10.2 Å². The molecule has 1 aliphatic heterocycles. The summed E-state index contributed by atoms with van der Waals surface area (Å²) in [5, 5.41) is 7.61. The molecule has 1 aliphatic rings. The fraction of sp³-hybridized carbons (Fsp3) is 0.292. The number of fused-ring (bicyclic) bond motifs is 1. The van der Waals surface area contributed by atoms with Gasteiger partial charge in [-0.2, -0.15) is 5.10 Å². The zero-order chi connectivity index (χ0) is 22.0. The molecule has 160 valence electrons. The van der Waals surface area contributed by atoms with Gasteiger partial charge in [0.25, 0.3) is 5.91 Å². The fourth-order valence-corrected chi connectivity index (χ4v) is 4.27. The van der Waals surface area contributed by atoms with Crippen molar-refractivity contribution in [1.82, 2.24) is 9.78 Å². The van der Waals surface area contributed by atoms with Gasteiger partial charge in [0, 0.05) is 12.0 Å². The minimum Gasteiger partial charge on any atom is -0.465 e. The van der Waals surface area contributed by atoms with Gasteiger partial charge in [-0.3, -0.25) is 4.79 Å². The predicted molar refractivity (Wildman–Crippen MR) is 117 cm³/mol. The highest BCUT2D eigenvalue weighted by atomic mass is 16.5. The largest absolute Gasteiger partial charge is 0.465 e. The van der Waals surface area contributed by atoms with E-state index >= 15 is 0 Å². The van der Waals surface area contributed by atoms with Crippen LogP contribution in [-0.4, -0.2) is 41.4 Å². The molecule has 2 atom stereocenters. The van der Waals surface area contributed by atoms with Crippen LogP contribution in [-0.2, 0) is 27.3 Å². The Labute approximate surface area is 181 Å². The molecule has 0 radical (unpaired) electrons. The third kappa shape index (κ3) is 4.22. The van der Waals surface area contributed by atoms with Crippen LogP contribution in [0.2, 0.25) is 0 Å². The Morgan fingerprint density at radius 1 is 1.10 bits per heavy atom. The highest BCUT2D eigenvalue weighted by Gasteiger charge is 2.37. The van der Waals surface area contributed by atoms with Gasteiger partial charge >= 0.3 is 5.97 Å². The first-order valence-corrected chi connectivity index (χ1v) is 10.4. The summed E-state index contributed by atoms with van der Waals surface area (Å²) in [6.45, 7) is 4.58.